The van der Waals surface area contributed by atoms with Gasteiger partial charge < -0.3 is 25.8 Å². The zero-order valence-corrected chi connectivity index (χ0v) is 25.2. The van der Waals surface area contributed by atoms with Crippen LogP contribution in [0.3, 0.4) is 0 Å². The lowest BCUT2D eigenvalue weighted by Gasteiger charge is -2.33. The van der Waals surface area contributed by atoms with E-state index in [-0.39, 0.29) is 5.82 Å². The van der Waals surface area contributed by atoms with Gasteiger partial charge >= 0.3 is 0 Å². The summed E-state index contributed by atoms with van der Waals surface area (Å²) in [5.41, 5.74) is 0.407. The van der Waals surface area contributed by atoms with Crippen LogP contribution in [0.15, 0.2) is 24.5 Å². The molecule has 0 saturated heterocycles. The van der Waals surface area contributed by atoms with E-state index in [4.69, 9.17) is 4.74 Å². The van der Waals surface area contributed by atoms with Gasteiger partial charge in [0.2, 0.25) is 11.8 Å². The van der Waals surface area contributed by atoms with Gasteiger partial charge in [0.15, 0.2) is 11.6 Å². The quantitative estimate of drug-likeness (QED) is 0.182. The number of aliphatic hydroxyl groups is 1. The van der Waals surface area contributed by atoms with Crippen molar-refractivity contribution in [3.63, 3.8) is 0 Å². The molecule has 2 heterocycles. The molecule has 1 saturated carbocycles. The van der Waals surface area contributed by atoms with E-state index in [1.54, 1.807) is 13.3 Å². The minimum atomic E-state index is -0.464. The lowest BCUT2D eigenvalue weighted by molar-refractivity contribution is 0.00791. The van der Waals surface area contributed by atoms with Gasteiger partial charge in [-0.2, -0.15) is 4.98 Å². The van der Waals surface area contributed by atoms with Gasteiger partial charge in [-0.1, -0.05) is 32.8 Å². The van der Waals surface area contributed by atoms with Crippen LogP contribution in [0.4, 0.5) is 16.2 Å². The molecule has 3 atom stereocenters. The molecule has 1 fully saturated rings. The van der Waals surface area contributed by atoms with Gasteiger partial charge in [0.05, 0.1) is 18.9 Å². The van der Waals surface area contributed by atoms with Gasteiger partial charge in [0, 0.05) is 30.9 Å². The van der Waals surface area contributed by atoms with E-state index in [2.05, 4.69) is 51.7 Å². The molecule has 1 aliphatic carbocycles. The maximum Gasteiger partial charge on any atom is 0.225 e. The molecule has 0 aromatic carbocycles. The van der Waals surface area contributed by atoms with E-state index in [1.165, 1.54) is 25.5 Å². The summed E-state index contributed by atoms with van der Waals surface area (Å²) in [6.07, 6.45) is 12.8. The summed E-state index contributed by atoms with van der Waals surface area (Å²) in [4.78, 5) is 12.6. The van der Waals surface area contributed by atoms with Crippen molar-refractivity contribution in [2.45, 2.75) is 104 Å². The lowest BCUT2D eigenvalue weighted by Crippen LogP contribution is -2.37. The lowest BCUT2D eigenvalue weighted by atomic mass is 9.80. The number of halogens is 1. The number of hydrogen-bond donors (Lipinski definition) is 4. The Bertz CT molecular complexity index is 1010. The molecule has 1 aliphatic rings. The summed E-state index contributed by atoms with van der Waals surface area (Å²) in [7, 11) is 1.58. The number of anilines is 2. The Kier molecular flexibility index (Phi) is 12.8. The standard InChI is InChI=1S/C31H51FN6O2/c1-6-8-24(11-10-23(3)34-19-25-12-14-31(4,39)15-13-25)17-22(2)18-35-28-27(32)21-37-30(38-28)36-20-26-9-7-16-33-29(26)40-5/h7,9,16,21-25,34,39H,6,8,10-15,17-20H2,1-5H3,(H2,35,36,37,38)/t22-,23-,24?,25?,31?/m0/s1. The Morgan fingerprint density at radius 1 is 1.15 bits per heavy atom. The van der Waals surface area contributed by atoms with Crippen molar-refractivity contribution >= 4 is 11.8 Å². The first-order valence-corrected chi connectivity index (χ1v) is 15.1. The van der Waals surface area contributed by atoms with Crippen LogP contribution in [0.2, 0.25) is 0 Å². The highest BCUT2D eigenvalue weighted by Gasteiger charge is 2.28. The third-order valence-electron chi connectivity index (χ3n) is 8.22. The van der Waals surface area contributed by atoms with Crippen LogP contribution >= 0.6 is 0 Å². The van der Waals surface area contributed by atoms with Gasteiger partial charge in [-0.3, -0.25) is 0 Å². The average Bonchev–Trinajstić information content (AvgIpc) is 2.94. The highest BCUT2D eigenvalue weighted by Crippen LogP contribution is 2.31. The van der Waals surface area contributed by atoms with Crippen LogP contribution in [0.25, 0.3) is 0 Å². The number of hydrogen-bond acceptors (Lipinski definition) is 8. The van der Waals surface area contributed by atoms with Crippen LogP contribution in [-0.4, -0.2) is 51.9 Å². The first-order valence-electron chi connectivity index (χ1n) is 15.1. The van der Waals surface area contributed by atoms with Gasteiger partial charge in [-0.05, 0) is 89.2 Å². The Morgan fingerprint density at radius 2 is 1.93 bits per heavy atom. The van der Waals surface area contributed by atoms with Gasteiger partial charge in [0.25, 0.3) is 0 Å². The number of rotatable bonds is 17. The number of pyridine rings is 1. The molecule has 0 radical (unpaired) electrons. The van der Waals surface area contributed by atoms with Crippen molar-refractivity contribution in [1.82, 2.24) is 20.3 Å². The third kappa shape index (κ3) is 10.8. The fourth-order valence-corrected chi connectivity index (χ4v) is 5.66. The summed E-state index contributed by atoms with van der Waals surface area (Å²) in [5, 5.41) is 20.3. The second-order valence-electron chi connectivity index (χ2n) is 12.1. The Labute approximate surface area is 240 Å². The summed E-state index contributed by atoms with van der Waals surface area (Å²) in [6.45, 7) is 10.9. The number of methoxy groups -OCH3 is 1. The van der Waals surface area contributed by atoms with Gasteiger partial charge in [-0.25, -0.2) is 14.4 Å². The van der Waals surface area contributed by atoms with E-state index in [9.17, 15) is 9.50 Å². The number of aromatic nitrogens is 3. The molecule has 8 nitrogen and oxygen atoms in total. The minimum Gasteiger partial charge on any atom is -0.481 e. The van der Waals surface area contributed by atoms with E-state index in [1.807, 2.05) is 19.1 Å². The summed E-state index contributed by atoms with van der Waals surface area (Å²) in [5.74, 6) is 2.37. The topological polar surface area (TPSA) is 104 Å². The normalized spacial score (nSPS) is 21.4. The van der Waals surface area contributed by atoms with Crippen molar-refractivity contribution < 1.29 is 14.2 Å². The maximum atomic E-state index is 14.5. The third-order valence-corrected chi connectivity index (χ3v) is 8.22. The molecule has 0 spiro atoms. The molecule has 0 bridgehead atoms. The van der Waals surface area contributed by atoms with Crippen molar-refractivity contribution in [3.8, 4) is 5.88 Å². The smallest absolute Gasteiger partial charge is 0.225 e. The van der Waals surface area contributed by atoms with Gasteiger partial charge in [-0.15, -0.1) is 0 Å². The van der Waals surface area contributed by atoms with E-state index in [0.717, 1.165) is 50.6 Å². The van der Waals surface area contributed by atoms with E-state index in [0.29, 0.717) is 48.7 Å². The number of ether oxygens (including phenoxy) is 1. The molecular formula is C31H51FN6O2. The molecular weight excluding hydrogens is 507 g/mol. The molecule has 1 unspecified atom stereocenters. The molecule has 2 aromatic heterocycles. The molecule has 40 heavy (non-hydrogen) atoms. The minimum absolute atomic E-state index is 0.219. The van der Waals surface area contributed by atoms with Crippen LogP contribution < -0.4 is 20.7 Å². The fourth-order valence-electron chi connectivity index (χ4n) is 5.66. The molecule has 0 aliphatic heterocycles. The van der Waals surface area contributed by atoms with Crippen molar-refractivity contribution in [2.24, 2.45) is 17.8 Å². The molecule has 4 N–H and O–H groups in total. The molecule has 0 amide bonds. The first-order chi connectivity index (χ1) is 19.2. The Balaban J connectivity index is 1.41. The highest BCUT2D eigenvalue weighted by atomic mass is 19.1. The molecule has 2 aromatic rings. The Morgan fingerprint density at radius 3 is 2.65 bits per heavy atom. The first kappa shape index (κ1) is 32.0. The maximum absolute atomic E-state index is 14.5. The molecule has 224 valence electrons. The SMILES string of the molecule is CCCC(CC[C@H](C)NCC1CCC(C)(O)CC1)C[C@H](C)CNc1nc(NCc2cccnc2OC)ncc1F. The second kappa shape index (κ2) is 16.1. The average molecular weight is 559 g/mol. The zero-order chi connectivity index (χ0) is 29.0. The second-order valence-corrected chi connectivity index (χ2v) is 12.1. The van der Waals surface area contributed by atoms with Crippen molar-refractivity contribution in [1.29, 1.82) is 0 Å². The fraction of sp³-hybridized carbons (Fsp3) is 0.710. The van der Waals surface area contributed by atoms with Gasteiger partial charge in [0.1, 0.15) is 0 Å². The summed E-state index contributed by atoms with van der Waals surface area (Å²) in [6, 6.07) is 4.24. The van der Waals surface area contributed by atoms with Crippen molar-refractivity contribution in [2.75, 3.05) is 30.8 Å². The summed E-state index contributed by atoms with van der Waals surface area (Å²) >= 11 is 0. The highest BCUT2D eigenvalue weighted by molar-refractivity contribution is 5.42. The molecule has 9 heteroatoms. The predicted octanol–water partition coefficient (Wildman–Crippen LogP) is 6.19. The van der Waals surface area contributed by atoms with Crippen LogP contribution in [0.5, 0.6) is 5.88 Å². The van der Waals surface area contributed by atoms with Crippen LogP contribution in [-0.2, 0) is 6.54 Å². The Hall–Kier alpha value is -2.52. The molecule has 3 rings (SSSR count). The monoisotopic (exact) mass is 558 g/mol. The van der Waals surface area contributed by atoms with Crippen LogP contribution in [0, 0.1) is 23.6 Å². The zero-order valence-electron chi connectivity index (χ0n) is 25.2. The largest absolute Gasteiger partial charge is 0.481 e. The van der Waals surface area contributed by atoms with E-state index < -0.39 is 11.4 Å². The van der Waals surface area contributed by atoms with Crippen molar-refractivity contribution in [3.05, 3.63) is 35.9 Å². The predicted molar refractivity (Wildman–Crippen MR) is 160 cm³/mol. The summed E-state index contributed by atoms with van der Waals surface area (Å²) < 4.78 is 19.8. The van der Waals surface area contributed by atoms with Crippen LogP contribution in [0.1, 0.15) is 91.0 Å². The van der Waals surface area contributed by atoms with E-state index >= 15 is 0 Å². The number of nitrogens with one attached hydrogen (secondary N) is 3. The number of nitrogens with zero attached hydrogens (tertiary/aromatic N) is 3.